The molecule has 0 unspecified atom stereocenters. The number of aryl methyl sites for hydroxylation is 1. The van der Waals surface area contributed by atoms with Gasteiger partial charge in [0.1, 0.15) is 29.6 Å². The van der Waals surface area contributed by atoms with Crippen molar-refractivity contribution < 1.29 is 13.7 Å². The zero-order chi connectivity index (χ0) is 15.5. The molecular weight excluding hydrogens is 271 g/mol. The molecule has 1 heterocycles. The van der Waals surface area contributed by atoms with Gasteiger partial charge in [-0.2, -0.15) is 0 Å². The van der Waals surface area contributed by atoms with Crippen molar-refractivity contribution in [3.63, 3.8) is 0 Å². The third-order valence-corrected chi connectivity index (χ3v) is 2.88. The summed E-state index contributed by atoms with van der Waals surface area (Å²) in [7, 11) is 0. The lowest BCUT2D eigenvalue weighted by Gasteiger charge is -2.21. The van der Waals surface area contributed by atoms with Crippen LogP contribution in [0.5, 0.6) is 5.75 Å². The van der Waals surface area contributed by atoms with E-state index >= 15 is 0 Å². The highest BCUT2D eigenvalue weighted by Gasteiger charge is 2.12. The van der Waals surface area contributed by atoms with Crippen LogP contribution in [0.4, 0.5) is 4.39 Å². The molecule has 0 atom stereocenters. The standard InChI is InChI=1S/C16H21FN2O2/c1-11-7-14(19-21-11)10-20-15-6-5-13(17)8-12(15)9-18-16(2,3)4/h5-8,18H,9-10H2,1-4H3. The van der Waals surface area contributed by atoms with Gasteiger partial charge in [-0.25, -0.2) is 4.39 Å². The Kier molecular flexibility index (Phi) is 4.63. The smallest absolute Gasteiger partial charge is 0.134 e. The number of hydrogen-bond donors (Lipinski definition) is 1. The topological polar surface area (TPSA) is 47.3 Å². The van der Waals surface area contributed by atoms with Gasteiger partial charge < -0.3 is 14.6 Å². The zero-order valence-electron chi connectivity index (χ0n) is 12.9. The van der Waals surface area contributed by atoms with Crippen LogP contribution in [0.2, 0.25) is 0 Å². The van der Waals surface area contributed by atoms with E-state index < -0.39 is 0 Å². The van der Waals surface area contributed by atoms with Crippen molar-refractivity contribution in [3.8, 4) is 5.75 Å². The molecule has 0 aliphatic rings. The Morgan fingerprint density at radius 3 is 2.67 bits per heavy atom. The lowest BCUT2D eigenvalue weighted by atomic mass is 10.1. The first kappa shape index (κ1) is 15.5. The van der Waals surface area contributed by atoms with Crippen LogP contribution in [0, 0.1) is 12.7 Å². The average molecular weight is 292 g/mol. The lowest BCUT2D eigenvalue weighted by Crippen LogP contribution is -2.35. The van der Waals surface area contributed by atoms with E-state index in [1.807, 2.05) is 13.0 Å². The molecule has 1 aromatic carbocycles. The molecule has 2 aromatic rings. The molecule has 0 spiro atoms. The summed E-state index contributed by atoms with van der Waals surface area (Å²) in [5, 5.41) is 7.20. The molecule has 1 N–H and O–H groups in total. The van der Waals surface area contributed by atoms with Crippen LogP contribution in [0.1, 0.15) is 37.8 Å². The SMILES string of the molecule is Cc1cc(COc2ccc(F)cc2CNC(C)(C)C)no1. The summed E-state index contributed by atoms with van der Waals surface area (Å²) in [6.45, 7) is 8.84. The molecule has 2 rings (SSSR count). The maximum Gasteiger partial charge on any atom is 0.134 e. The molecular formula is C16H21FN2O2. The second-order valence-electron chi connectivity index (χ2n) is 6.07. The van der Waals surface area contributed by atoms with Crippen LogP contribution in [-0.4, -0.2) is 10.7 Å². The number of aromatic nitrogens is 1. The van der Waals surface area contributed by atoms with Crippen LogP contribution < -0.4 is 10.1 Å². The van der Waals surface area contributed by atoms with E-state index in [1.165, 1.54) is 12.1 Å². The van der Waals surface area contributed by atoms with Gasteiger partial charge in [-0.05, 0) is 45.9 Å². The molecule has 0 bridgehead atoms. The van der Waals surface area contributed by atoms with Crippen LogP contribution >= 0.6 is 0 Å². The molecule has 0 aliphatic heterocycles. The highest BCUT2D eigenvalue weighted by molar-refractivity contribution is 5.34. The van der Waals surface area contributed by atoms with Gasteiger partial charge in [0.05, 0.1) is 0 Å². The number of rotatable bonds is 5. The van der Waals surface area contributed by atoms with Gasteiger partial charge in [-0.3, -0.25) is 0 Å². The minimum Gasteiger partial charge on any atom is -0.487 e. The van der Waals surface area contributed by atoms with Crippen molar-refractivity contribution in [2.45, 2.75) is 46.4 Å². The molecule has 114 valence electrons. The number of nitrogens with zero attached hydrogens (tertiary/aromatic N) is 1. The van der Waals surface area contributed by atoms with Crippen molar-refractivity contribution >= 4 is 0 Å². The quantitative estimate of drug-likeness (QED) is 0.915. The Balaban J connectivity index is 2.07. The molecule has 0 amide bonds. The van der Waals surface area contributed by atoms with E-state index in [0.29, 0.717) is 24.6 Å². The number of nitrogens with one attached hydrogen (secondary N) is 1. The van der Waals surface area contributed by atoms with Crippen molar-refractivity contribution in [1.82, 2.24) is 10.5 Å². The summed E-state index contributed by atoms with van der Waals surface area (Å²) in [6, 6.07) is 6.34. The molecule has 4 nitrogen and oxygen atoms in total. The van der Waals surface area contributed by atoms with Gasteiger partial charge >= 0.3 is 0 Å². The Morgan fingerprint density at radius 2 is 2.05 bits per heavy atom. The monoisotopic (exact) mass is 292 g/mol. The zero-order valence-corrected chi connectivity index (χ0v) is 12.9. The summed E-state index contributed by atoms with van der Waals surface area (Å²) in [5.41, 5.74) is 1.45. The number of ether oxygens (including phenoxy) is 1. The van der Waals surface area contributed by atoms with Gasteiger partial charge in [0.2, 0.25) is 0 Å². The van der Waals surface area contributed by atoms with E-state index in [-0.39, 0.29) is 11.4 Å². The minimum atomic E-state index is -0.273. The predicted octanol–water partition coefficient (Wildman–Crippen LogP) is 3.59. The Labute approximate surface area is 124 Å². The largest absolute Gasteiger partial charge is 0.487 e. The molecule has 0 radical (unpaired) electrons. The van der Waals surface area contributed by atoms with Crippen LogP contribution in [0.15, 0.2) is 28.8 Å². The lowest BCUT2D eigenvalue weighted by molar-refractivity contribution is 0.283. The summed E-state index contributed by atoms with van der Waals surface area (Å²) in [4.78, 5) is 0. The number of hydrogen-bond acceptors (Lipinski definition) is 4. The first-order valence-corrected chi connectivity index (χ1v) is 6.92. The normalized spacial score (nSPS) is 11.7. The molecule has 0 aliphatic carbocycles. The predicted molar refractivity (Wildman–Crippen MR) is 78.6 cm³/mol. The van der Waals surface area contributed by atoms with Gasteiger partial charge in [0.15, 0.2) is 0 Å². The number of halogens is 1. The Morgan fingerprint density at radius 1 is 1.29 bits per heavy atom. The van der Waals surface area contributed by atoms with Crippen LogP contribution in [-0.2, 0) is 13.2 Å². The highest BCUT2D eigenvalue weighted by atomic mass is 19.1. The number of benzene rings is 1. The first-order chi connectivity index (χ1) is 9.83. The van der Waals surface area contributed by atoms with Gasteiger partial charge in [-0.1, -0.05) is 5.16 Å². The Bertz CT molecular complexity index is 603. The maximum absolute atomic E-state index is 13.4. The van der Waals surface area contributed by atoms with Gasteiger partial charge in [0.25, 0.3) is 0 Å². The summed E-state index contributed by atoms with van der Waals surface area (Å²) in [5.74, 6) is 1.11. The fraction of sp³-hybridized carbons (Fsp3) is 0.438. The van der Waals surface area contributed by atoms with E-state index in [1.54, 1.807) is 6.07 Å². The van der Waals surface area contributed by atoms with E-state index in [0.717, 1.165) is 11.3 Å². The molecule has 0 saturated heterocycles. The summed E-state index contributed by atoms with van der Waals surface area (Å²) in [6.07, 6.45) is 0. The third kappa shape index (κ3) is 4.86. The fourth-order valence-electron chi connectivity index (χ4n) is 1.83. The molecule has 5 heteroatoms. The van der Waals surface area contributed by atoms with Crippen molar-refractivity contribution in [2.75, 3.05) is 0 Å². The minimum absolute atomic E-state index is 0.0488. The van der Waals surface area contributed by atoms with Crippen LogP contribution in [0.25, 0.3) is 0 Å². The van der Waals surface area contributed by atoms with Crippen molar-refractivity contribution in [3.05, 3.63) is 47.1 Å². The summed E-state index contributed by atoms with van der Waals surface area (Å²) < 4.78 is 24.1. The highest BCUT2D eigenvalue weighted by Crippen LogP contribution is 2.21. The average Bonchev–Trinajstić information content (AvgIpc) is 2.80. The van der Waals surface area contributed by atoms with Crippen LogP contribution in [0.3, 0.4) is 0 Å². The van der Waals surface area contributed by atoms with E-state index in [2.05, 4.69) is 31.2 Å². The Hall–Kier alpha value is -1.88. The second-order valence-corrected chi connectivity index (χ2v) is 6.07. The molecule has 0 fully saturated rings. The third-order valence-electron chi connectivity index (χ3n) is 2.88. The molecule has 21 heavy (non-hydrogen) atoms. The second kappa shape index (κ2) is 6.26. The van der Waals surface area contributed by atoms with E-state index in [4.69, 9.17) is 9.26 Å². The first-order valence-electron chi connectivity index (χ1n) is 6.92. The van der Waals surface area contributed by atoms with Gasteiger partial charge in [0, 0.05) is 23.7 Å². The van der Waals surface area contributed by atoms with Crippen molar-refractivity contribution in [2.24, 2.45) is 0 Å². The van der Waals surface area contributed by atoms with Gasteiger partial charge in [-0.15, -0.1) is 0 Å². The molecule has 0 saturated carbocycles. The van der Waals surface area contributed by atoms with E-state index in [9.17, 15) is 4.39 Å². The fourth-order valence-corrected chi connectivity index (χ4v) is 1.83. The molecule has 1 aromatic heterocycles. The van der Waals surface area contributed by atoms with Crippen molar-refractivity contribution in [1.29, 1.82) is 0 Å². The summed E-state index contributed by atoms with van der Waals surface area (Å²) >= 11 is 0. The maximum atomic E-state index is 13.4.